The summed E-state index contributed by atoms with van der Waals surface area (Å²) < 4.78 is 1.72. The van der Waals surface area contributed by atoms with Crippen LogP contribution in [0.5, 0.6) is 0 Å². The number of piperidine rings is 1. The van der Waals surface area contributed by atoms with Crippen molar-refractivity contribution in [2.24, 2.45) is 0 Å². The molecule has 8 nitrogen and oxygen atoms in total. The van der Waals surface area contributed by atoms with Gasteiger partial charge in [0.1, 0.15) is 12.7 Å². The second-order valence-electron chi connectivity index (χ2n) is 5.70. The fraction of sp³-hybridized carbons (Fsp3) is 0.571. The quantitative estimate of drug-likeness (QED) is 0.891. The van der Waals surface area contributed by atoms with Crippen LogP contribution in [0.15, 0.2) is 25.0 Å². The largest absolute Gasteiger partial charge is 0.334 e. The number of aromatic nitrogens is 5. The number of amides is 2. The SMILES string of the molecule is C[C@@H](Cn1cncn1)NC(=O)N1CCCC[C@@H]1c1cn[nH]c1. The Hall–Kier alpha value is -2.38. The lowest BCUT2D eigenvalue weighted by Crippen LogP contribution is -2.48. The van der Waals surface area contributed by atoms with Gasteiger partial charge in [0.05, 0.1) is 18.8 Å². The summed E-state index contributed by atoms with van der Waals surface area (Å²) in [6.45, 7) is 3.35. The van der Waals surface area contributed by atoms with Gasteiger partial charge in [-0.15, -0.1) is 0 Å². The third-order valence-electron chi connectivity index (χ3n) is 3.97. The number of likely N-dealkylation sites (tertiary alicyclic amines) is 1. The molecule has 3 heterocycles. The zero-order valence-electron chi connectivity index (χ0n) is 12.6. The van der Waals surface area contributed by atoms with Gasteiger partial charge >= 0.3 is 6.03 Å². The molecule has 0 aromatic carbocycles. The second kappa shape index (κ2) is 6.59. The van der Waals surface area contributed by atoms with E-state index in [4.69, 9.17) is 0 Å². The number of hydrogen-bond donors (Lipinski definition) is 2. The monoisotopic (exact) mass is 303 g/mol. The first-order valence-corrected chi connectivity index (χ1v) is 7.62. The summed E-state index contributed by atoms with van der Waals surface area (Å²) in [7, 11) is 0. The van der Waals surface area contributed by atoms with E-state index < -0.39 is 0 Å². The molecule has 8 heteroatoms. The van der Waals surface area contributed by atoms with Crippen LogP contribution in [0.1, 0.15) is 37.8 Å². The summed E-state index contributed by atoms with van der Waals surface area (Å²) in [5.41, 5.74) is 1.07. The molecule has 0 radical (unpaired) electrons. The van der Waals surface area contributed by atoms with Crippen LogP contribution in [0.3, 0.4) is 0 Å². The second-order valence-corrected chi connectivity index (χ2v) is 5.70. The molecule has 2 N–H and O–H groups in total. The minimum atomic E-state index is -0.0292. The van der Waals surface area contributed by atoms with Crippen molar-refractivity contribution in [1.82, 2.24) is 35.2 Å². The molecule has 0 aliphatic carbocycles. The fourth-order valence-corrected chi connectivity index (χ4v) is 2.91. The first-order valence-electron chi connectivity index (χ1n) is 7.62. The normalized spacial score (nSPS) is 19.9. The number of nitrogens with zero attached hydrogens (tertiary/aromatic N) is 5. The summed E-state index contributed by atoms with van der Waals surface area (Å²) in [6.07, 6.45) is 9.97. The lowest BCUT2D eigenvalue weighted by Gasteiger charge is -2.36. The van der Waals surface area contributed by atoms with Crippen molar-refractivity contribution >= 4 is 6.03 Å². The van der Waals surface area contributed by atoms with Gasteiger partial charge in [-0.05, 0) is 26.2 Å². The van der Waals surface area contributed by atoms with Crippen molar-refractivity contribution in [3.05, 3.63) is 30.6 Å². The average molecular weight is 303 g/mol. The van der Waals surface area contributed by atoms with E-state index in [2.05, 4.69) is 25.6 Å². The average Bonchev–Trinajstić information content (AvgIpc) is 3.20. The number of rotatable bonds is 4. The highest BCUT2D eigenvalue weighted by Crippen LogP contribution is 2.30. The molecule has 2 atom stereocenters. The Morgan fingerprint density at radius 1 is 1.55 bits per heavy atom. The molecule has 1 aliphatic heterocycles. The fourth-order valence-electron chi connectivity index (χ4n) is 2.91. The van der Waals surface area contributed by atoms with Crippen molar-refractivity contribution in [2.45, 2.75) is 44.8 Å². The Morgan fingerprint density at radius 2 is 2.45 bits per heavy atom. The van der Waals surface area contributed by atoms with Crippen LogP contribution in [0.4, 0.5) is 4.79 Å². The van der Waals surface area contributed by atoms with E-state index in [1.165, 1.54) is 6.33 Å². The van der Waals surface area contributed by atoms with E-state index in [-0.39, 0.29) is 18.1 Å². The standard InChI is InChI=1S/C14H21N7O/c1-11(8-20-10-15-9-18-20)19-14(22)21-5-3-2-4-13(21)12-6-16-17-7-12/h6-7,9-11,13H,2-5,8H2,1H3,(H,16,17)(H,19,22)/t11-,13+/m0/s1. The van der Waals surface area contributed by atoms with E-state index in [1.807, 2.05) is 18.0 Å². The Balaban J connectivity index is 1.62. The number of nitrogens with one attached hydrogen (secondary N) is 2. The number of urea groups is 1. The van der Waals surface area contributed by atoms with E-state index in [0.717, 1.165) is 31.4 Å². The highest BCUT2D eigenvalue weighted by Gasteiger charge is 2.29. The van der Waals surface area contributed by atoms with Crippen LogP contribution < -0.4 is 5.32 Å². The lowest BCUT2D eigenvalue weighted by molar-refractivity contribution is 0.148. The number of H-pyrrole nitrogens is 1. The Labute approximate surface area is 128 Å². The summed E-state index contributed by atoms with van der Waals surface area (Å²) in [6, 6.07) is 0.0608. The molecule has 0 saturated carbocycles. The van der Waals surface area contributed by atoms with Gasteiger partial charge in [0.2, 0.25) is 0 Å². The van der Waals surface area contributed by atoms with Crippen LogP contribution in [0.25, 0.3) is 0 Å². The third kappa shape index (κ3) is 3.26. The molecular weight excluding hydrogens is 282 g/mol. The molecule has 3 rings (SSSR count). The smallest absolute Gasteiger partial charge is 0.318 e. The van der Waals surface area contributed by atoms with E-state index in [0.29, 0.717) is 6.54 Å². The molecule has 2 amide bonds. The highest BCUT2D eigenvalue weighted by atomic mass is 16.2. The molecular formula is C14H21N7O. The number of carbonyl (C=O) groups excluding carboxylic acids is 1. The number of hydrogen-bond acceptors (Lipinski definition) is 4. The Morgan fingerprint density at radius 3 is 3.18 bits per heavy atom. The molecule has 0 bridgehead atoms. The van der Waals surface area contributed by atoms with E-state index in [1.54, 1.807) is 17.2 Å². The summed E-state index contributed by atoms with van der Waals surface area (Å²) in [5.74, 6) is 0. The van der Waals surface area contributed by atoms with Crippen molar-refractivity contribution in [2.75, 3.05) is 6.54 Å². The van der Waals surface area contributed by atoms with Crippen LogP contribution >= 0.6 is 0 Å². The topological polar surface area (TPSA) is 91.7 Å². The number of aromatic amines is 1. The maximum atomic E-state index is 12.6. The maximum absolute atomic E-state index is 12.6. The maximum Gasteiger partial charge on any atom is 0.318 e. The van der Waals surface area contributed by atoms with E-state index in [9.17, 15) is 4.79 Å². The summed E-state index contributed by atoms with van der Waals surface area (Å²) >= 11 is 0. The van der Waals surface area contributed by atoms with Crippen molar-refractivity contribution < 1.29 is 4.79 Å². The first kappa shape index (κ1) is 14.6. The van der Waals surface area contributed by atoms with Gasteiger partial charge in [0.25, 0.3) is 0 Å². The zero-order valence-corrected chi connectivity index (χ0v) is 12.6. The van der Waals surface area contributed by atoms with Crippen molar-refractivity contribution in [1.29, 1.82) is 0 Å². The zero-order chi connectivity index (χ0) is 15.4. The molecule has 0 spiro atoms. The molecule has 1 aliphatic rings. The van der Waals surface area contributed by atoms with Crippen molar-refractivity contribution in [3.8, 4) is 0 Å². The van der Waals surface area contributed by atoms with Crippen LogP contribution in [0.2, 0.25) is 0 Å². The van der Waals surface area contributed by atoms with Gasteiger partial charge in [0.15, 0.2) is 0 Å². The highest BCUT2D eigenvalue weighted by molar-refractivity contribution is 5.75. The predicted molar refractivity (Wildman–Crippen MR) is 79.9 cm³/mol. The lowest BCUT2D eigenvalue weighted by atomic mass is 9.98. The summed E-state index contributed by atoms with van der Waals surface area (Å²) in [4.78, 5) is 18.4. The van der Waals surface area contributed by atoms with Crippen LogP contribution in [0, 0.1) is 0 Å². The first-order chi connectivity index (χ1) is 10.7. The third-order valence-corrected chi connectivity index (χ3v) is 3.97. The van der Waals surface area contributed by atoms with Gasteiger partial charge in [-0.2, -0.15) is 10.2 Å². The molecule has 2 aromatic rings. The molecule has 118 valence electrons. The Kier molecular flexibility index (Phi) is 4.36. The van der Waals surface area contributed by atoms with Gasteiger partial charge in [-0.25, -0.2) is 9.78 Å². The van der Waals surface area contributed by atoms with Crippen LogP contribution in [-0.4, -0.2) is 48.5 Å². The van der Waals surface area contributed by atoms with Crippen LogP contribution in [-0.2, 0) is 6.54 Å². The minimum Gasteiger partial charge on any atom is -0.334 e. The van der Waals surface area contributed by atoms with Gasteiger partial charge in [-0.1, -0.05) is 0 Å². The van der Waals surface area contributed by atoms with Gasteiger partial charge < -0.3 is 10.2 Å². The molecule has 2 aromatic heterocycles. The Bertz CT molecular complexity index is 580. The van der Waals surface area contributed by atoms with Crippen molar-refractivity contribution in [3.63, 3.8) is 0 Å². The minimum absolute atomic E-state index is 0.0128. The van der Waals surface area contributed by atoms with Gasteiger partial charge in [-0.3, -0.25) is 9.78 Å². The molecule has 1 fully saturated rings. The molecule has 0 unspecified atom stereocenters. The van der Waals surface area contributed by atoms with Gasteiger partial charge in [0, 0.05) is 24.3 Å². The molecule has 1 saturated heterocycles. The number of carbonyl (C=O) groups is 1. The predicted octanol–water partition coefficient (Wildman–Crippen LogP) is 1.33. The summed E-state index contributed by atoms with van der Waals surface area (Å²) in [5, 5.41) is 13.9. The molecule has 22 heavy (non-hydrogen) atoms. The van der Waals surface area contributed by atoms with E-state index >= 15 is 0 Å².